The second-order valence-electron chi connectivity index (χ2n) is 1.83. The van der Waals surface area contributed by atoms with Crippen molar-refractivity contribution in [1.82, 2.24) is 0 Å². The fourth-order valence-electron chi connectivity index (χ4n) is 0.611. The molecule has 0 N–H and O–H groups in total. The molecule has 0 heterocycles. The lowest BCUT2D eigenvalue weighted by Crippen LogP contribution is -3.00. The van der Waals surface area contributed by atoms with Crippen LogP contribution in [0, 0.1) is 0 Å². The van der Waals surface area contributed by atoms with Crippen LogP contribution in [0.1, 0.15) is 0 Å². The van der Waals surface area contributed by atoms with Gasteiger partial charge in [0.15, 0.2) is 0 Å². The van der Waals surface area contributed by atoms with Crippen molar-refractivity contribution in [1.29, 1.82) is 0 Å². The lowest BCUT2D eigenvalue weighted by molar-refractivity contribution is -0.307. The molecule has 12 heavy (non-hydrogen) atoms. The minimum Gasteiger partial charge on any atom is -1.00 e. The first-order chi connectivity index (χ1) is 4.61. The first kappa shape index (κ1) is 14.5. The molecular formula is C6H5Cl2O3P-4. The zero-order valence-corrected chi connectivity index (χ0v) is 8.22. The van der Waals surface area contributed by atoms with Gasteiger partial charge in [-0.05, 0) is 12.9 Å². The maximum atomic E-state index is 10.3. The summed E-state index contributed by atoms with van der Waals surface area (Å²) in [4.78, 5) is 20.6. The van der Waals surface area contributed by atoms with E-state index in [2.05, 4.69) is 0 Å². The molecule has 0 saturated carbocycles. The lowest BCUT2D eigenvalue weighted by atomic mass is 10.4. The van der Waals surface area contributed by atoms with Crippen LogP contribution in [0.3, 0.4) is 0 Å². The van der Waals surface area contributed by atoms with Crippen LogP contribution < -0.4 is 39.9 Å². The first-order valence-electron chi connectivity index (χ1n) is 2.68. The minimum atomic E-state index is -4.52. The molecule has 0 aliphatic heterocycles. The summed E-state index contributed by atoms with van der Waals surface area (Å²) in [5, 5.41) is -0.157. The third kappa shape index (κ3) is 4.10. The summed E-state index contributed by atoms with van der Waals surface area (Å²) in [5.74, 6) is 0. The van der Waals surface area contributed by atoms with Crippen LogP contribution in [0.25, 0.3) is 0 Å². The number of halogens is 2. The highest BCUT2D eigenvalue weighted by Gasteiger charge is 1.92. The largest absolute Gasteiger partial charge is 1.00 e. The van der Waals surface area contributed by atoms with E-state index in [1.807, 2.05) is 0 Å². The zero-order valence-electron chi connectivity index (χ0n) is 5.81. The van der Waals surface area contributed by atoms with Gasteiger partial charge in [0, 0.05) is 0 Å². The summed E-state index contributed by atoms with van der Waals surface area (Å²) in [6, 6.07) is 7.23. The van der Waals surface area contributed by atoms with Crippen molar-refractivity contribution in [3.63, 3.8) is 0 Å². The third-order valence-corrected chi connectivity index (χ3v) is 2.00. The van der Waals surface area contributed by atoms with E-state index in [1.54, 1.807) is 6.07 Å². The van der Waals surface area contributed by atoms with Gasteiger partial charge in [-0.25, -0.2) is 0 Å². The zero-order chi connectivity index (χ0) is 7.61. The monoisotopic (exact) mass is 226 g/mol. The standard InChI is InChI=1S/C6H7O3P.2ClH/c7-10(8,9)6-4-2-1-3-5-6;;/h1-5H,(H2,7,8,9);2*1H/p-4. The van der Waals surface area contributed by atoms with E-state index in [1.165, 1.54) is 24.3 Å². The van der Waals surface area contributed by atoms with Crippen LogP contribution in [0.2, 0.25) is 0 Å². The molecule has 6 heteroatoms. The van der Waals surface area contributed by atoms with Crippen molar-refractivity contribution in [2.24, 2.45) is 0 Å². The second-order valence-corrected chi connectivity index (χ2v) is 3.34. The highest BCUT2D eigenvalue weighted by Crippen LogP contribution is 2.20. The van der Waals surface area contributed by atoms with Crippen LogP contribution in [-0.4, -0.2) is 0 Å². The van der Waals surface area contributed by atoms with Gasteiger partial charge in [0.05, 0.1) is 0 Å². The quantitative estimate of drug-likeness (QED) is 0.448. The summed E-state index contributed by atoms with van der Waals surface area (Å²) in [6.07, 6.45) is 0. The fraction of sp³-hybridized carbons (Fsp3) is 0. The van der Waals surface area contributed by atoms with Crippen molar-refractivity contribution in [2.75, 3.05) is 0 Å². The van der Waals surface area contributed by atoms with Crippen molar-refractivity contribution >= 4 is 12.9 Å². The number of hydrogen-bond donors (Lipinski definition) is 0. The fourth-order valence-corrected chi connectivity index (χ4v) is 1.15. The van der Waals surface area contributed by atoms with Crippen molar-refractivity contribution in [2.45, 2.75) is 0 Å². The van der Waals surface area contributed by atoms with Crippen molar-refractivity contribution < 1.29 is 39.2 Å². The van der Waals surface area contributed by atoms with Crippen LogP contribution in [0.15, 0.2) is 30.3 Å². The molecule has 0 atom stereocenters. The summed E-state index contributed by atoms with van der Waals surface area (Å²) >= 11 is 0. The molecule has 70 valence electrons. The normalized spacial score (nSPS) is 9.50. The van der Waals surface area contributed by atoms with Crippen LogP contribution in [-0.2, 0) is 4.57 Å². The Morgan fingerprint density at radius 1 is 1.00 bits per heavy atom. The first-order valence-corrected chi connectivity index (χ1v) is 4.22. The third-order valence-electron chi connectivity index (χ3n) is 1.07. The molecule has 3 nitrogen and oxygen atoms in total. The Bertz CT molecular complexity index is 259. The van der Waals surface area contributed by atoms with E-state index in [-0.39, 0.29) is 30.1 Å². The summed E-state index contributed by atoms with van der Waals surface area (Å²) in [5.41, 5.74) is 0. The van der Waals surface area contributed by atoms with E-state index >= 15 is 0 Å². The molecule has 0 spiro atoms. The molecule has 0 amide bonds. The molecule has 0 unspecified atom stereocenters. The van der Waals surface area contributed by atoms with E-state index in [4.69, 9.17) is 0 Å². The van der Waals surface area contributed by atoms with Crippen LogP contribution >= 0.6 is 7.60 Å². The van der Waals surface area contributed by atoms with Gasteiger partial charge < -0.3 is 39.2 Å². The topological polar surface area (TPSA) is 63.2 Å². The average molecular weight is 227 g/mol. The van der Waals surface area contributed by atoms with Gasteiger partial charge >= 0.3 is 0 Å². The molecular weight excluding hydrogens is 222 g/mol. The Labute approximate surface area is 82.8 Å². The van der Waals surface area contributed by atoms with E-state index < -0.39 is 7.60 Å². The molecule has 1 rings (SSSR count). The Hall–Kier alpha value is -0.0500. The van der Waals surface area contributed by atoms with Gasteiger partial charge in [-0.15, -0.1) is 0 Å². The lowest BCUT2D eigenvalue weighted by Gasteiger charge is -2.29. The molecule has 0 aliphatic rings. The van der Waals surface area contributed by atoms with Gasteiger partial charge in [0.25, 0.3) is 0 Å². The molecule has 0 radical (unpaired) electrons. The number of benzene rings is 1. The second kappa shape index (κ2) is 5.57. The number of hydrogen-bond acceptors (Lipinski definition) is 3. The molecule has 0 saturated heterocycles. The Kier molecular flexibility index (Phi) is 6.72. The summed E-state index contributed by atoms with van der Waals surface area (Å²) in [6.45, 7) is 0. The Balaban J connectivity index is 0. The predicted molar refractivity (Wildman–Crippen MR) is 33.7 cm³/mol. The predicted octanol–water partition coefficient (Wildman–Crippen LogP) is -6.77. The molecule has 0 bridgehead atoms. The van der Waals surface area contributed by atoms with E-state index in [0.29, 0.717) is 0 Å². The highest BCUT2D eigenvalue weighted by atomic mass is 35.5. The molecule has 0 aliphatic carbocycles. The SMILES string of the molecule is O=P([O-])([O-])c1ccccc1.[Cl-].[Cl-]. The maximum Gasteiger partial charge on any atom is -0.0157 e. The summed E-state index contributed by atoms with van der Waals surface area (Å²) in [7, 11) is -4.52. The molecule has 1 aromatic carbocycles. The maximum absolute atomic E-state index is 10.3. The molecule has 0 fully saturated rings. The smallest absolute Gasteiger partial charge is 0.0157 e. The minimum absolute atomic E-state index is 0. The van der Waals surface area contributed by atoms with Crippen molar-refractivity contribution in [3.8, 4) is 0 Å². The average Bonchev–Trinajstić information content (AvgIpc) is 1.88. The Morgan fingerprint density at radius 2 is 1.42 bits per heavy atom. The number of rotatable bonds is 1. The van der Waals surface area contributed by atoms with Gasteiger partial charge in [-0.1, -0.05) is 30.3 Å². The summed E-state index contributed by atoms with van der Waals surface area (Å²) < 4.78 is 10.3. The van der Waals surface area contributed by atoms with Gasteiger partial charge in [0.2, 0.25) is 0 Å². The van der Waals surface area contributed by atoms with Gasteiger partial charge in [-0.2, -0.15) is 0 Å². The molecule has 1 aromatic rings. The van der Waals surface area contributed by atoms with E-state index in [9.17, 15) is 14.4 Å². The van der Waals surface area contributed by atoms with Crippen LogP contribution in [0.5, 0.6) is 0 Å². The molecule has 0 aromatic heterocycles. The Morgan fingerprint density at radius 3 is 1.67 bits per heavy atom. The van der Waals surface area contributed by atoms with E-state index in [0.717, 1.165) is 0 Å². The van der Waals surface area contributed by atoms with Gasteiger partial charge in [0.1, 0.15) is 0 Å². The van der Waals surface area contributed by atoms with Crippen LogP contribution in [0.4, 0.5) is 0 Å². The van der Waals surface area contributed by atoms with Gasteiger partial charge in [-0.3, -0.25) is 0 Å². The highest BCUT2D eigenvalue weighted by molar-refractivity contribution is 7.57. The van der Waals surface area contributed by atoms with Crippen molar-refractivity contribution in [3.05, 3.63) is 30.3 Å².